The summed E-state index contributed by atoms with van der Waals surface area (Å²) in [6, 6.07) is 0. The van der Waals surface area contributed by atoms with Crippen molar-refractivity contribution in [1.82, 2.24) is 0 Å². The first-order valence-electron chi connectivity index (χ1n) is 9.69. The topological polar surface area (TPSA) is 164 Å². The van der Waals surface area contributed by atoms with Gasteiger partial charge in [-0.05, 0) is 31.9 Å². The van der Waals surface area contributed by atoms with Crippen LogP contribution in [0.2, 0.25) is 0 Å². The second-order valence-corrected chi connectivity index (χ2v) is 8.73. The summed E-state index contributed by atoms with van der Waals surface area (Å²) in [7, 11) is -4.43. The fraction of sp³-hybridized carbons (Fsp3) is 0.550. The van der Waals surface area contributed by atoms with E-state index >= 15 is 0 Å². The Labute approximate surface area is 192 Å². The van der Waals surface area contributed by atoms with Crippen molar-refractivity contribution < 1.29 is 57.5 Å². The summed E-state index contributed by atoms with van der Waals surface area (Å²) in [4.78, 5) is 43.3. The van der Waals surface area contributed by atoms with Crippen LogP contribution in [0, 0.1) is 0 Å². The second kappa shape index (κ2) is 15.8. The molecule has 12 nitrogen and oxygen atoms in total. The van der Waals surface area contributed by atoms with Gasteiger partial charge in [-0.1, -0.05) is 19.7 Å². The van der Waals surface area contributed by atoms with Crippen molar-refractivity contribution in [1.29, 1.82) is 0 Å². The zero-order chi connectivity index (χ0) is 25.6. The molecule has 0 fully saturated rings. The van der Waals surface area contributed by atoms with Crippen LogP contribution in [0.25, 0.3) is 0 Å². The largest absolute Gasteiger partial charge is 0.475 e. The number of allylic oxidation sites excluding steroid dienone is 2. The standard InChI is InChI=1S/C20H31O12P/c1-13(2)18(21)9-16(31-24)11-29-33(26,28-8-7-27-20(23)15(5)6)30-12-17(32-25)10-19(22)14(3)4/h16-17,24-25H,1,3,5,7-12H2,2,4,6H3. The molecule has 0 bridgehead atoms. The molecule has 0 amide bonds. The van der Waals surface area contributed by atoms with Crippen LogP contribution in [0.1, 0.15) is 33.6 Å². The van der Waals surface area contributed by atoms with Crippen LogP contribution >= 0.6 is 7.82 Å². The number of Topliss-reactive ketones (excluding diaryl/α,β-unsaturated/α-hetero) is 2. The number of hydrogen-bond acceptors (Lipinski definition) is 12. The Bertz CT molecular complexity index is 731. The molecule has 188 valence electrons. The van der Waals surface area contributed by atoms with Gasteiger partial charge in [0.1, 0.15) is 18.8 Å². The van der Waals surface area contributed by atoms with Crippen molar-refractivity contribution in [2.24, 2.45) is 0 Å². The molecule has 0 aliphatic heterocycles. The van der Waals surface area contributed by atoms with Crippen molar-refractivity contribution in [2.75, 3.05) is 26.4 Å². The van der Waals surface area contributed by atoms with Gasteiger partial charge in [0.25, 0.3) is 0 Å². The molecule has 0 aliphatic rings. The summed E-state index contributed by atoms with van der Waals surface area (Å²) in [6.45, 7) is 12.7. The van der Waals surface area contributed by atoms with Crippen LogP contribution in [0.4, 0.5) is 0 Å². The minimum Gasteiger partial charge on any atom is -0.460 e. The van der Waals surface area contributed by atoms with E-state index < -0.39 is 57.4 Å². The normalized spacial score (nSPS) is 14.6. The highest BCUT2D eigenvalue weighted by molar-refractivity contribution is 7.48. The first-order chi connectivity index (χ1) is 15.3. The Hall–Kier alpha value is -2.02. The van der Waals surface area contributed by atoms with Crippen LogP contribution in [0.5, 0.6) is 0 Å². The summed E-state index contributed by atoms with van der Waals surface area (Å²) < 4.78 is 33.1. The maximum absolute atomic E-state index is 13.0. The third-order valence-electron chi connectivity index (χ3n) is 3.83. The molecule has 33 heavy (non-hydrogen) atoms. The number of phosphoric ester groups is 1. The SMILES string of the molecule is C=C(C)C(=O)CC(COP(=O)(OCCOC(=O)C(=C)C)OCC(CC(=O)C(=C)C)OO)OO. The van der Waals surface area contributed by atoms with Crippen LogP contribution in [-0.2, 0) is 47.0 Å². The highest BCUT2D eigenvalue weighted by Crippen LogP contribution is 2.49. The van der Waals surface area contributed by atoms with E-state index in [4.69, 9.17) is 28.8 Å². The van der Waals surface area contributed by atoms with E-state index in [1.165, 1.54) is 20.8 Å². The Balaban J connectivity index is 5.16. The molecule has 0 radical (unpaired) electrons. The maximum Gasteiger partial charge on any atom is 0.475 e. The Morgan fingerprint density at radius 2 is 1.18 bits per heavy atom. The number of ketones is 2. The number of ether oxygens (including phenoxy) is 1. The zero-order valence-corrected chi connectivity index (χ0v) is 19.8. The average molecular weight is 494 g/mol. The summed E-state index contributed by atoms with van der Waals surface area (Å²) in [5, 5.41) is 18.0. The third-order valence-corrected chi connectivity index (χ3v) is 5.26. The van der Waals surface area contributed by atoms with Crippen LogP contribution in [-0.4, -0.2) is 66.7 Å². The highest BCUT2D eigenvalue weighted by Gasteiger charge is 2.31. The van der Waals surface area contributed by atoms with E-state index in [0.717, 1.165) is 0 Å². The molecule has 0 saturated carbocycles. The van der Waals surface area contributed by atoms with E-state index in [2.05, 4.69) is 29.5 Å². The van der Waals surface area contributed by atoms with Gasteiger partial charge in [-0.2, -0.15) is 0 Å². The number of rotatable bonds is 19. The summed E-state index contributed by atoms with van der Waals surface area (Å²) in [6.07, 6.45) is -3.13. The average Bonchev–Trinajstić information content (AvgIpc) is 2.76. The molecule has 2 N–H and O–H groups in total. The van der Waals surface area contributed by atoms with Gasteiger partial charge in [-0.15, -0.1) is 0 Å². The van der Waals surface area contributed by atoms with Crippen molar-refractivity contribution in [2.45, 2.75) is 45.8 Å². The number of carbonyl (C=O) groups is 3. The molecule has 0 saturated heterocycles. The van der Waals surface area contributed by atoms with Crippen molar-refractivity contribution in [3.05, 3.63) is 36.5 Å². The van der Waals surface area contributed by atoms with E-state index in [9.17, 15) is 18.9 Å². The molecular weight excluding hydrogens is 463 g/mol. The molecule has 0 aliphatic carbocycles. The second-order valence-electron chi connectivity index (χ2n) is 7.06. The van der Waals surface area contributed by atoms with E-state index in [1.807, 2.05) is 0 Å². The maximum atomic E-state index is 13.0. The fourth-order valence-electron chi connectivity index (χ4n) is 1.88. The monoisotopic (exact) mass is 494 g/mol. The summed E-state index contributed by atoms with van der Waals surface area (Å²) >= 11 is 0. The van der Waals surface area contributed by atoms with Gasteiger partial charge < -0.3 is 4.74 Å². The van der Waals surface area contributed by atoms with Gasteiger partial charge in [-0.25, -0.2) is 19.1 Å². The Morgan fingerprint density at radius 3 is 1.52 bits per heavy atom. The van der Waals surface area contributed by atoms with Crippen molar-refractivity contribution >= 4 is 25.4 Å². The van der Waals surface area contributed by atoms with E-state index in [-0.39, 0.29) is 36.2 Å². The van der Waals surface area contributed by atoms with Gasteiger partial charge in [0.2, 0.25) is 0 Å². The van der Waals surface area contributed by atoms with E-state index in [1.54, 1.807) is 0 Å². The number of phosphoric acid groups is 1. The molecule has 0 rings (SSSR count). The molecule has 0 heterocycles. The summed E-state index contributed by atoms with van der Waals surface area (Å²) in [5.74, 6) is -1.57. The first kappa shape index (κ1) is 31.0. The molecule has 0 aromatic carbocycles. The molecule has 2 unspecified atom stereocenters. The zero-order valence-electron chi connectivity index (χ0n) is 18.9. The van der Waals surface area contributed by atoms with Crippen molar-refractivity contribution in [3.63, 3.8) is 0 Å². The lowest BCUT2D eigenvalue weighted by Crippen LogP contribution is -2.25. The lowest BCUT2D eigenvalue weighted by molar-refractivity contribution is -0.286. The minimum atomic E-state index is -4.43. The third kappa shape index (κ3) is 13.3. The van der Waals surface area contributed by atoms with Crippen LogP contribution in [0.3, 0.4) is 0 Å². The fourth-order valence-corrected chi connectivity index (χ4v) is 3.10. The highest BCUT2D eigenvalue weighted by atomic mass is 31.2. The lowest BCUT2D eigenvalue weighted by Gasteiger charge is -2.22. The Kier molecular flexibility index (Phi) is 14.8. The number of hydrogen-bond donors (Lipinski definition) is 2. The van der Waals surface area contributed by atoms with Gasteiger partial charge in [0.15, 0.2) is 11.6 Å². The molecule has 0 spiro atoms. The van der Waals surface area contributed by atoms with Crippen LogP contribution in [0.15, 0.2) is 36.5 Å². The van der Waals surface area contributed by atoms with Crippen LogP contribution < -0.4 is 0 Å². The molecule has 13 heteroatoms. The molecule has 0 aromatic heterocycles. The first-order valence-corrected chi connectivity index (χ1v) is 11.1. The summed E-state index contributed by atoms with van der Waals surface area (Å²) in [5.41, 5.74) is 0.551. The van der Waals surface area contributed by atoms with Gasteiger partial charge in [-0.3, -0.25) is 33.7 Å². The molecule has 2 atom stereocenters. The molecule has 0 aromatic rings. The number of esters is 1. The van der Waals surface area contributed by atoms with Crippen molar-refractivity contribution in [3.8, 4) is 0 Å². The van der Waals surface area contributed by atoms with Gasteiger partial charge in [0.05, 0.1) is 19.8 Å². The Morgan fingerprint density at radius 1 is 0.758 bits per heavy atom. The molecular formula is C20H31O12P. The number of carbonyl (C=O) groups excluding carboxylic acids is 3. The van der Waals surface area contributed by atoms with Gasteiger partial charge >= 0.3 is 13.8 Å². The predicted molar refractivity (Wildman–Crippen MR) is 115 cm³/mol. The van der Waals surface area contributed by atoms with Gasteiger partial charge in [0, 0.05) is 18.4 Å². The smallest absolute Gasteiger partial charge is 0.460 e. The minimum absolute atomic E-state index is 0.140. The lowest BCUT2D eigenvalue weighted by atomic mass is 10.1. The quantitative estimate of drug-likeness (QED) is 0.0674. The van der Waals surface area contributed by atoms with E-state index in [0.29, 0.717) is 0 Å². The predicted octanol–water partition coefficient (Wildman–Crippen LogP) is 3.05.